The lowest BCUT2D eigenvalue weighted by atomic mass is 10.1. The normalized spacial score (nSPS) is 20.6. The summed E-state index contributed by atoms with van der Waals surface area (Å²) in [4.78, 5) is 23.3. The van der Waals surface area contributed by atoms with Gasteiger partial charge in [0.15, 0.2) is 0 Å². The maximum absolute atomic E-state index is 12.1. The van der Waals surface area contributed by atoms with Crippen LogP contribution in [0.5, 0.6) is 0 Å². The molecule has 1 aromatic rings. The summed E-state index contributed by atoms with van der Waals surface area (Å²) < 4.78 is 0. The van der Waals surface area contributed by atoms with E-state index in [0.29, 0.717) is 24.6 Å². The van der Waals surface area contributed by atoms with Gasteiger partial charge < -0.3 is 16.0 Å². The molecule has 5 nitrogen and oxygen atoms in total. The first-order valence-electron chi connectivity index (χ1n) is 7.17. The number of hydrogen-bond acceptors (Lipinski definition) is 3. The first-order chi connectivity index (χ1) is 9.72. The minimum absolute atomic E-state index is 0.00938. The van der Waals surface area contributed by atoms with Crippen LogP contribution in [0.4, 0.5) is 5.69 Å². The predicted molar refractivity (Wildman–Crippen MR) is 76.8 cm³/mol. The largest absolute Gasteiger partial charge is 0.352 e. The number of anilines is 1. The summed E-state index contributed by atoms with van der Waals surface area (Å²) in [7, 11) is 0. The van der Waals surface area contributed by atoms with Gasteiger partial charge in [0.05, 0.1) is 6.42 Å². The van der Waals surface area contributed by atoms with E-state index in [1.807, 2.05) is 0 Å². The van der Waals surface area contributed by atoms with Gasteiger partial charge in [-0.25, -0.2) is 0 Å². The fourth-order valence-corrected chi connectivity index (χ4v) is 2.84. The van der Waals surface area contributed by atoms with Gasteiger partial charge in [-0.3, -0.25) is 9.59 Å². The third kappa shape index (κ3) is 2.82. The molecular formula is C15H19N3O2. The van der Waals surface area contributed by atoms with Gasteiger partial charge >= 0.3 is 0 Å². The monoisotopic (exact) mass is 273 g/mol. The lowest BCUT2D eigenvalue weighted by Gasteiger charge is -2.11. The quantitative estimate of drug-likeness (QED) is 0.768. The molecule has 0 unspecified atom stereocenters. The highest BCUT2D eigenvalue weighted by molar-refractivity contribution is 6.01. The summed E-state index contributed by atoms with van der Waals surface area (Å²) in [5.74, 6) is -0.0741. The van der Waals surface area contributed by atoms with Crippen molar-refractivity contribution in [3.05, 3.63) is 29.3 Å². The van der Waals surface area contributed by atoms with E-state index in [2.05, 4.69) is 16.0 Å². The number of nitrogens with one attached hydrogen (secondary N) is 3. The van der Waals surface area contributed by atoms with Crippen LogP contribution < -0.4 is 16.0 Å². The van der Waals surface area contributed by atoms with Crippen LogP contribution in [-0.4, -0.2) is 30.9 Å². The lowest BCUT2D eigenvalue weighted by molar-refractivity contribution is -0.115. The van der Waals surface area contributed by atoms with Gasteiger partial charge in [0.25, 0.3) is 5.91 Å². The SMILES string of the molecule is O=C1Cc2cc(C(=O)NCC[C@H]3CCCN3)ccc2N1. The second kappa shape index (κ2) is 5.63. The highest BCUT2D eigenvalue weighted by Crippen LogP contribution is 2.23. The van der Waals surface area contributed by atoms with E-state index in [1.54, 1.807) is 18.2 Å². The Balaban J connectivity index is 1.54. The van der Waals surface area contributed by atoms with Crippen LogP contribution in [0.25, 0.3) is 0 Å². The van der Waals surface area contributed by atoms with Crippen molar-refractivity contribution in [1.29, 1.82) is 0 Å². The summed E-state index contributed by atoms with van der Waals surface area (Å²) in [5.41, 5.74) is 2.35. The maximum Gasteiger partial charge on any atom is 0.251 e. The molecule has 2 heterocycles. The molecule has 1 fully saturated rings. The molecule has 1 atom stereocenters. The van der Waals surface area contributed by atoms with E-state index in [4.69, 9.17) is 0 Å². The predicted octanol–water partition coefficient (Wildman–Crippen LogP) is 1.05. The Kier molecular flexibility index (Phi) is 3.69. The zero-order valence-corrected chi connectivity index (χ0v) is 11.4. The Morgan fingerprint density at radius 2 is 2.30 bits per heavy atom. The summed E-state index contributed by atoms with van der Waals surface area (Å²) in [6.45, 7) is 1.77. The second-order valence-corrected chi connectivity index (χ2v) is 5.43. The highest BCUT2D eigenvalue weighted by atomic mass is 16.2. The molecule has 1 aromatic carbocycles. The molecule has 0 spiro atoms. The van der Waals surface area contributed by atoms with Crippen LogP contribution in [0.2, 0.25) is 0 Å². The van der Waals surface area contributed by atoms with Crippen molar-refractivity contribution in [2.75, 3.05) is 18.4 Å². The van der Waals surface area contributed by atoms with Crippen LogP contribution in [0.3, 0.4) is 0 Å². The summed E-state index contributed by atoms with van der Waals surface area (Å²) in [6.07, 6.45) is 3.76. The first-order valence-corrected chi connectivity index (χ1v) is 7.17. The van der Waals surface area contributed by atoms with Crippen molar-refractivity contribution in [2.45, 2.75) is 31.7 Å². The van der Waals surface area contributed by atoms with E-state index in [0.717, 1.165) is 24.2 Å². The molecule has 0 aromatic heterocycles. The first kappa shape index (κ1) is 13.1. The van der Waals surface area contributed by atoms with E-state index >= 15 is 0 Å². The van der Waals surface area contributed by atoms with Crippen molar-refractivity contribution < 1.29 is 9.59 Å². The summed E-state index contributed by atoms with van der Waals surface area (Å²) >= 11 is 0. The van der Waals surface area contributed by atoms with Gasteiger partial charge in [-0.2, -0.15) is 0 Å². The second-order valence-electron chi connectivity index (χ2n) is 5.43. The molecule has 20 heavy (non-hydrogen) atoms. The van der Waals surface area contributed by atoms with Crippen molar-refractivity contribution >= 4 is 17.5 Å². The van der Waals surface area contributed by atoms with Crippen LogP contribution in [0.1, 0.15) is 35.2 Å². The molecular weight excluding hydrogens is 254 g/mol. The molecule has 2 aliphatic rings. The minimum Gasteiger partial charge on any atom is -0.352 e. The number of amides is 2. The van der Waals surface area contributed by atoms with Crippen molar-refractivity contribution in [3.63, 3.8) is 0 Å². The van der Waals surface area contributed by atoms with Gasteiger partial charge in [0.2, 0.25) is 5.91 Å². The zero-order chi connectivity index (χ0) is 13.9. The van der Waals surface area contributed by atoms with Gasteiger partial charge in [0.1, 0.15) is 0 Å². The molecule has 0 aliphatic carbocycles. The van der Waals surface area contributed by atoms with E-state index in [-0.39, 0.29) is 11.8 Å². The van der Waals surface area contributed by atoms with E-state index < -0.39 is 0 Å². The number of hydrogen-bond donors (Lipinski definition) is 3. The van der Waals surface area contributed by atoms with Gasteiger partial charge in [-0.05, 0) is 49.6 Å². The molecule has 3 N–H and O–H groups in total. The van der Waals surface area contributed by atoms with Gasteiger partial charge in [0, 0.05) is 23.8 Å². The Hall–Kier alpha value is -1.88. The standard InChI is InChI=1S/C15H19N3O2/c19-14-9-11-8-10(3-4-13(11)18-14)15(20)17-7-5-12-2-1-6-16-12/h3-4,8,12,16H,1-2,5-7,9H2,(H,17,20)(H,18,19)/t12-/m1/s1. The summed E-state index contributed by atoms with van der Waals surface area (Å²) in [6, 6.07) is 5.90. The molecule has 0 radical (unpaired) electrons. The number of carbonyl (C=O) groups is 2. The smallest absolute Gasteiger partial charge is 0.251 e. The Bertz CT molecular complexity index is 536. The average Bonchev–Trinajstić information content (AvgIpc) is 3.05. The fraction of sp³-hybridized carbons (Fsp3) is 0.467. The molecule has 3 rings (SSSR count). The molecule has 0 saturated carbocycles. The number of rotatable bonds is 4. The van der Waals surface area contributed by atoms with Crippen LogP contribution in [-0.2, 0) is 11.2 Å². The lowest BCUT2D eigenvalue weighted by Crippen LogP contribution is -2.30. The fourth-order valence-electron chi connectivity index (χ4n) is 2.84. The summed E-state index contributed by atoms with van der Waals surface area (Å²) in [5, 5.41) is 9.12. The van der Waals surface area contributed by atoms with Crippen LogP contribution in [0, 0.1) is 0 Å². The average molecular weight is 273 g/mol. The number of carbonyl (C=O) groups excluding carboxylic acids is 2. The minimum atomic E-state index is -0.0647. The number of benzene rings is 1. The molecule has 2 amide bonds. The van der Waals surface area contributed by atoms with Gasteiger partial charge in [-0.1, -0.05) is 0 Å². The van der Waals surface area contributed by atoms with Crippen LogP contribution in [0.15, 0.2) is 18.2 Å². The molecule has 1 saturated heterocycles. The zero-order valence-electron chi connectivity index (χ0n) is 11.4. The molecule has 2 aliphatic heterocycles. The molecule has 106 valence electrons. The third-order valence-electron chi connectivity index (χ3n) is 3.93. The Morgan fingerprint density at radius 3 is 3.10 bits per heavy atom. The highest BCUT2D eigenvalue weighted by Gasteiger charge is 2.19. The molecule has 5 heteroatoms. The Morgan fingerprint density at radius 1 is 1.40 bits per heavy atom. The van der Waals surface area contributed by atoms with Crippen molar-refractivity contribution in [1.82, 2.24) is 10.6 Å². The topological polar surface area (TPSA) is 70.2 Å². The van der Waals surface area contributed by atoms with Crippen molar-refractivity contribution in [3.8, 4) is 0 Å². The van der Waals surface area contributed by atoms with E-state index in [9.17, 15) is 9.59 Å². The van der Waals surface area contributed by atoms with Crippen LogP contribution >= 0.6 is 0 Å². The Labute approximate surface area is 118 Å². The molecule has 0 bridgehead atoms. The number of fused-ring (bicyclic) bond motifs is 1. The van der Waals surface area contributed by atoms with Crippen molar-refractivity contribution in [2.24, 2.45) is 0 Å². The maximum atomic E-state index is 12.1. The van der Waals surface area contributed by atoms with Gasteiger partial charge in [-0.15, -0.1) is 0 Å². The van der Waals surface area contributed by atoms with E-state index in [1.165, 1.54) is 12.8 Å². The third-order valence-corrected chi connectivity index (χ3v) is 3.93.